The zero-order chi connectivity index (χ0) is 38.2. The number of benzene rings is 4. The summed E-state index contributed by atoms with van der Waals surface area (Å²) < 4.78 is 38.4. The number of rotatable bonds is 7. The second-order valence-corrected chi connectivity index (χ2v) is 15.6. The Balaban J connectivity index is 1.33. The molecule has 9 rings (SSSR count). The Bertz CT molecular complexity index is 2010. The van der Waals surface area contributed by atoms with Gasteiger partial charge in [0.05, 0.1) is 28.4 Å². The summed E-state index contributed by atoms with van der Waals surface area (Å²) in [5.74, 6) is 5.56. The van der Waals surface area contributed by atoms with Crippen molar-refractivity contribution in [1.29, 1.82) is 0 Å². The molecule has 0 spiro atoms. The van der Waals surface area contributed by atoms with Crippen molar-refractivity contribution in [3.8, 4) is 46.0 Å². The van der Waals surface area contributed by atoms with E-state index in [-0.39, 0.29) is 12.1 Å². The van der Waals surface area contributed by atoms with E-state index in [0.717, 1.165) is 87.7 Å². The van der Waals surface area contributed by atoms with Crippen LogP contribution >= 0.6 is 0 Å². The summed E-state index contributed by atoms with van der Waals surface area (Å²) in [6.07, 6.45) is 3.31. The highest BCUT2D eigenvalue weighted by Crippen LogP contribution is 2.54. The molecule has 1 N–H and O–H groups in total. The van der Waals surface area contributed by atoms with Crippen molar-refractivity contribution in [2.24, 2.45) is 0 Å². The van der Waals surface area contributed by atoms with Crippen LogP contribution in [0.5, 0.6) is 46.0 Å². The predicted octanol–water partition coefficient (Wildman–Crippen LogP) is 7.35. The van der Waals surface area contributed by atoms with Crippen LogP contribution in [0.3, 0.4) is 0 Å². The van der Waals surface area contributed by atoms with Crippen molar-refractivity contribution >= 4 is 0 Å². The largest absolute Gasteiger partial charge is 0.493 e. The number of piperazine rings is 1. The van der Waals surface area contributed by atoms with Crippen LogP contribution in [0.15, 0.2) is 54.6 Å². The summed E-state index contributed by atoms with van der Waals surface area (Å²) in [6.45, 7) is 11.2. The Morgan fingerprint density at radius 3 is 2.18 bits per heavy atom. The second-order valence-electron chi connectivity index (χ2n) is 15.6. The van der Waals surface area contributed by atoms with Crippen LogP contribution in [0, 0.1) is 0 Å². The quantitative estimate of drug-likeness (QED) is 0.208. The molecule has 0 unspecified atom stereocenters. The first-order valence-electron chi connectivity index (χ1n) is 19.8. The molecular formula is C45H56N4O6. The zero-order valence-corrected chi connectivity index (χ0v) is 33.5. The molecule has 1 saturated heterocycles. The highest BCUT2D eigenvalue weighted by atomic mass is 16.5. The number of nitrogens with zero attached hydrogens (tertiary/aromatic N) is 3. The molecule has 6 bridgehead atoms. The molecule has 0 aromatic heterocycles. The van der Waals surface area contributed by atoms with Gasteiger partial charge in [0.25, 0.3) is 0 Å². The molecule has 4 aromatic carbocycles. The molecule has 0 radical (unpaired) electrons. The molecule has 10 nitrogen and oxygen atoms in total. The third kappa shape index (κ3) is 7.33. The fourth-order valence-corrected chi connectivity index (χ4v) is 9.08. The molecule has 0 amide bonds. The lowest BCUT2D eigenvalue weighted by atomic mass is 9.84. The topological polar surface area (TPSA) is 77.1 Å². The van der Waals surface area contributed by atoms with Gasteiger partial charge in [-0.15, -0.1) is 0 Å². The van der Waals surface area contributed by atoms with E-state index in [4.69, 9.17) is 28.4 Å². The summed E-state index contributed by atoms with van der Waals surface area (Å²) in [6, 6.07) is 19.6. The predicted molar refractivity (Wildman–Crippen MR) is 215 cm³/mol. The maximum atomic E-state index is 7.25. The lowest BCUT2D eigenvalue weighted by molar-refractivity contribution is 0.103. The molecule has 1 fully saturated rings. The lowest BCUT2D eigenvalue weighted by Crippen LogP contribution is -2.48. The number of methoxy groups -OCH3 is 4. The van der Waals surface area contributed by atoms with E-state index in [2.05, 4.69) is 89.4 Å². The standard InChI is InChI=1S/C45H56N4O6/c1-28(2)49-20-18-48(19-21-49)27-35-33-15-17-47(3)37-23-30-10-13-38(50-4)40(24-30)54-32-11-8-29(9-12-32)22-36-34-26-41(39(51-5)25-31(34)14-16-46-36)55-44(42(33)37)45(53-7)43(35)52-6/h8-13,24-26,28,36-37,46H,14-23,27H2,1-7H3/t36-,37-/m0/s1. The van der Waals surface area contributed by atoms with Crippen molar-refractivity contribution in [1.82, 2.24) is 20.0 Å². The van der Waals surface area contributed by atoms with Crippen molar-refractivity contribution in [2.45, 2.75) is 64.2 Å². The Kier molecular flexibility index (Phi) is 10.9. The average Bonchev–Trinajstić information content (AvgIpc) is 3.20. The Morgan fingerprint density at radius 1 is 0.745 bits per heavy atom. The first kappa shape index (κ1) is 37.4. The number of fused-ring (bicyclic) bond motifs is 2. The molecule has 55 heavy (non-hydrogen) atoms. The van der Waals surface area contributed by atoms with Gasteiger partial charge in [-0.2, -0.15) is 0 Å². The Labute approximate surface area is 326 Å². The van der Waals surface area contributed by atoms with Crippen LogP contribution in [-0.4, -0.2) is 95.5 Å². The minimum absolute atomic E-state index is 0.0347. The van der Waals surface area contributed by atoms with E-state index in [9.17, 15) is 0 Å². The molecule has 5 heterocycles. The summed E-state index contributed by atoms with van der Waals surface area (Å²) in [7, 11) is 9.11. The van der Waals surface area contributed by atoms with Crippen LogP contribution in [0.1, 0.15) is 64.9 Å². The van der Waals surface area contributed by atoms with E-state index in [1.165, 1.54) is 27.8 Å². The number of likely N-dealkylation sites (N-methyl/N-ethyl adjacent to an activating group) is 1. The highest BCUT2D eigenvalue weighted by molar-refractivity contribution is 5.67. The SMILES string of the molecule is COc1ccc2cc1Oc1ccc(cc1)C[C@@H]1NCCc3cc(OC)c(cc31)Oc1c(OC)c(OC)c(CN3CCN(C(C)C)CC3)c3c1[C@H](C2)N(C)CC3. The van der Waals surface area contributed by atoms with Crippen molar-refractivity contribution in [3.05, 3.63) is 93.5 Å². The third-order valence-electron chi connectivity index (χ3n) is 12.2. The van der Waals surface area contributed by atoms with Crippen LogP contribution in [0.25, 0.3) is 0 Å². The highest BCUT2D eigenvalue weighted by Gasteiger charge is 2.37. The van der Waals surface area contributed by atoms with E-state index < -0.39 is 0 Å². The normalized spacial score (nSPS) is 20.1. The van der Waals surface area contributed by atoms with E-state index in [1.54, 1.807) is 28.4 Å². The van der Waals surface area contributed by atoms with Crippen molar-refractivity contribution in [2.75, 3.05) is 74.8 Å². The first-order valence-corrected chi connectivity index (χ1v) is 19.8. The molecule has 292 valence electrons. The summed E-state index contributed by atoms with van der Waals surface area (Å²) in [5, 5.41) is 3.79. The van der Waals surface area contributed by atoms with Crippen molar-refractivity contribution < 1.29 is 28.4 Å². The summed E-state index contributed by atoms with van der Waals surface area (Å²) in [5.41, 5.74) is 8.42. The maximum Gasteiger partial charge on any atom is 0.204 e. The van der Waals surface area contributed by atoms with E-state index >= 15 is 0 Å². The van der Waals surface area contributed by atoms with Crippen LogP contribution in [0.4, 0.5) is 0 Å². The van der Waals surface area contributed by atoms with Gasteiger partial charge in [0.15, 0.2) is 34.5 Å². The Hall–Kier alpha value is -4.48. The van der Waals surface area contributed by atoms with Crippen LogP contribution in [0.2, 0.25) is 0 Å². The van der Waals surface area contributed by atoms with Gasteiger partial charge in [-0.05, 0) is 117 Å². The smallest absolute Gasteiger partial charge is 0.204 e. The zero-order valence-electron chi connectivity index (χ0n) is 33.5. The number of hydrogen-bond donors (Lipinski definition) is 1. The molecule has 5 aliphatic heterocycles. The van der Waals surface area contributed by atoms with E-state index in [0.29, 0.717) is 47.0 Å². The van der Waals surface area contributed by atoms with Gasteiger partial charge < -0.3 is 33.7 Å². The minimum Gasteiger partial charge on any atom is -0.493 e. The fraction of sp³-hybridized carbons (Fsp3) is 0.467. The number of hydrogen-bond acceptors (Lipinski definition) is 10. The van der Waals surface area contributed by atoms with Gasteiger partial charge in [0.2, 0.25) is 5.75 Å². The average molecular weight is 749 g/mol. The van der Waals surface area contributed by atoms with Gasteiger partial charge >= 0.3 is 0 Å². The third-order valence-corrected chi connectivity index (χ3v) is 12.2. The second kappa shape index (κ2) is 15.9. The van der Waals surface area contributed by atoms with Gasteiger partial charge in [-0.3, -0.25) is 14.7 Å². The van der Waals surface area contributed by atoms with Gasteiger partial charge in [-0.1, -0.05) is 18.2 Å². The fourth-order valence-electron chi connectivity index (χ4n) is 9.08. The monoisotopic (exact) mass is 748 g/mol. The summed E-state index contributed by atoms with van der Waals surface area (Å²) >= 11 is 0. The van der Waals surface area contributed by atoms with Gasteiger partial charge in [0.1, 0.15) is 5.75 Å². The van der Waals surface area contributed by atoms with Crippen LogP contribution < -0.4 is 33.7 Å². The lowest BCUT2D eigenvalue weighted by Gasteiger charge is -2.40. The summed E-state index contributed by atoms with van der Waals surface area (Å²) in [4.78, 5) is 7.56. The first-order chi connectivity index (χ1) is 26.8. The molecule has 5 aliphatic rings. The molecular weight excluding hydrogens is 693 g/mol. The van der Waals surface area contributed by atoms with Crippen molar-refractivity contribution in [3.63, 3.8) is 0 Å². The number of ether oxygens (including phenoxy) is 6. The molecule has 4 aromatic rings. The van der Waals surface area contributed by atoms with Crippen LogP contribution in [-0.2, 0) is 32.2 Å². The molecule has 10 heteroatoms. The van der Waals surface area contributed by atoms with E-state index in [1.807, 2.05) is 6.07 Å². The number of nitrogens with one attached hydrogen (secondary N) is 1. The van der Waals surface area contributed by atoms with Gasteiger partial charge in [0, 0.05) is 68.5 Å². The van der Waals surface area contributed by atoms with Gasteiger partial charge in [-0.25, -0.2) is 0 Å². The maximum absolute atomic E-state index is 7.25. The molecule has 0 saturated carbocycles. The Morgan fingerprint density at radius 2 is 1.47 bits per heavy atom. The minimum atomic E-state index is -0.0347. The molecule has 2 atom stereocenters. The molecule has 0 aliphatic carbocycles.